The van der Waals surface area contributed by atoms with Crippen LogP contribution < -0.4 is 9.64 Å². The van der Waals surface area contributed by atoms with E-state index in [-0.39, 0.29) is 0 Å². The third-order valence-corrected chi connectivity index (χ3v) is 3.30. The lowest BCUT2D eigenvalue weighted by Crippen LogP contribution is -2.34. The third kappa shape index (κ3) is 1.99. The topological polar surface area (TPSA) is 67.0 Å². The van der Waals surface area contributed by atoms with Gasteiger partial charge in [-0.05, 0) is 12.1 Å². The van der Waals surface area contributed by atoms with Crippen molar-refractivity contribution in [1.29, 1.82) is 5.26 Å². The molecule has 0 saturated carbocycles. The SMILES string of the molecule is COc1ccc(C#N)c(N2CCn3cnnc3C2)c1. The number of nitrogens with zero attached hydrogens (tertiary/aromatic N) is 5. The van der Waals surface area contributed by atoms with Crippen LogP contribution in [0.4, 0.5) is 5.69 Å². The van der Waals surface area contributed by atoms with E-state index >= 15 is 0 Å². The molecule has 96 valence electrons. The first kappa shape index (κ1) is 11.5. The van der Waals surface area contributed by atoms with Gasteiger partial charge in [0.2, 0.25) is 0 Å². The van der Waals surface area contributed by atoms with Crippen molar-refractivity contribution in [3.8, 4) is 11.8 Å². The van der Waals surface area contributed by atoms with Crippen LogP contribution in [0, 0.1) is 11.3 Å². The van der Waals surface area contributed by atoms with Crippen molar-refractivity contribution in [1.82, 2.24) is 14.8 Å². The van der Waals surface area contributed by atoms with E-state index in [2.05, 4.69) is 21.2 Å². The van der Waals surface area contributed by atoms with E-state index in [0.29, 0.717) is 12.1 Å². The predicted molar refractivity (Wildman–Crippen MR) is 68.8 cm³/mol. The highest BCUT2D eigenvalue weighted by atomic mass is 16.5. The minimum atomic E-state index is 0.647. The second-order valence-corrected chi connectivity index (χ2v) is 4.36. The van der Waals surface area contributed by atoms with Crippen LogP contribution in [-0.2, 0) is 13.1 Å². The summed E-state index contributed by atoms with van der Waals surface area (Å²) in [5.74, 6) is 1.67. The normalized spacial score (nSPS) is 13.8. The van der Waals surface area contributed by atoms with Crippen LogP contribution in [0.2, 0.25) is 0 Å². The summed E-state index contributed by atoms with van der Waals surface area (Å²) in [6, 6.07) is 7.70. The molecule has 0 fully saturated rings. The Balaban J connectivity index is 1.97. The van der Waals surface area contributed by atoms with Gasteiger partial charge in [0.25, 0.3) is 0 Å². The molecule has 0 N–H and O–H groups in total. The summed E-state index contributed by atoms with van der Waals surface area (Å²) in [5.41, 5.74) is 1.53. The van der Waals surface area contributed by atoms with Crippen molar-refractivity contribution in [3.05, 3.63) is 35.9 Å². The number of ether oxygens (including phenoxy) is 1. The lowest BCUT2D eigenvalue weighted by atomic mass is 10.1. The average Bonchev–Trinajstić information content (AvgIpc) is 2.93. The molecule has 1 aromatic carbocycles. The summed E-state index contributed by atoms with van der Waals surface area (Å²) >= 11 is 0. The molecule has 0 amide bonds. The van der Waals surface area contributed by atoms with Crippen LogP contribution in [0.15, 0.2) is 24.5 Å². The standard InChI is InChI=1S/C13H13N5O/c1-19-11-3-2-10(7-14)12(6-11)17-4-5-18-9-15-16-13(18)8-17/h2-3,6,9H,4-5,8H2,1H3. The van der Waals surface area contributed by atoms with Crippen molar-refractivity contribution < 1.29 is 4.74 Å². The van der Waals surface area contributed by atoms with Gasteiger partial charge < -0.3 is 14.2 Å². The number of aromatic nitrogens is 3. The van der Waals surface area contributed by atoms with E-state index in [9.17, 15) is 5.26 Å². The van der Waals surface area contributed by atoms with Crippen LogP contribution in [0.3, 0.4) is 0 Å². The highest BCUT2D eigenvalue weighted by Crippen LogP contribution is 2.28. The maximum Gasteiger partial charge on any atom is 0.152 e. The number of benzene rings is 1. The molecule has 2 aromatic rings. The van der Waals surface area contributed by atoms with E-state index in [0.717, 1.165) is 30.4 Å². The molecule has 0 saturated heterocycles. The van der Waals surface area contributed by atoms with E-state index < -0.39 is 0 Å². The van der Waals surface area contributed by atoms with Crippen LogP contribution in [0.5, 0.6) is 5.75 Å². The molecule has 1 aliphatic heterocycles. The Bertz CT molecular complexity index is 643. The van der Waals surface area contributed by atoms with Gasteiger partial charge in [-0.15, -0.1) is 10.2 Å². The van der Waals surface area contributed by atoms with Gasteiger partial charge in [-0.3, -0.25) is 0 Å². The van der Waals surface area contributed by atoms with Gasteiger partial charge in [-0.2, -0.15) is 5.26 Å². The molecular weight excluding hydrogens is 242 g/mol. The maximum absolute atomic E-state index is 9.22. The number of rotatable bonds is 2. The Hall–Kier alpha value is -2.55. The van der Waals surface area contributed by atoms with E-state index in [1.54, 1.807) is 25.6 Å². The molecular formula is C13H13N5O. The van der Waals surface area contributed by atoms with Crippen molar-refractivity contribution in [2.45, 2.75) is 13.1 Å². The van der Waals surface area contributed by atoms with Gasteiger partial charge in [0.05, 0.1) is 24.9 Å². The summed E-state index contributed by atoms with van der Waals surface area (Å²) in [6.45, 7) is 2.30. The van der Waals surface area contributed by atoms with Crippen molar-refractivity contribution in [2.75, 3.05) is 18.6 Å². The summed E-state index contributed by atoms with van der Waals surface area (Å²) < 4.78 is 7.26. The summed E-state index contributed by atoms with van der Waals surface area (Å²) in [7, 11) is 1.62. The largest absolute Gasteiger partial charge is 0.497 e. The molecule has 6 nitrogen and oxygen atoms in total. The monoisotopic (exact) mass is 255 g/mol. The molecule has 0 radical (unpaired) electrons. The molecule has 1 aliphatic rings. The molecule has 0 spiro atoms. The second-order valence-electron chi connectivity index (χ2n) is 4.36. The van der Waals surface area contributed by atoms with E-state index in [1.165, 1.54) is 0 Å². The Morgan fingerprint density at radius 1 is 1.37 bits per heavy atom. The van der Waals surface area contributed by atoms with E-state index in [4.69, 9.17) is 4.74 Å². The van der Waals surface area contributed by atoms with Gasteiger partial charge in [0.1, 0.15) is 18.1 Å². The number of methoxy groups -OCH3 is 1. The highest BCUT2D eigenvalue weighted by Gasteiger charge is 2.20. The first-order valence-corrected chi connectivity index (χ1v) is 6.01. The molecule has 6 heteroatoms. The Morgan fingerprint density at radius 2 is 2.26 bits per heavy atom. The van der Waals surface area contributed by atoms with Gasteiger partial charge in [0, 0.05) is 19.2 Å². The maximum atomic E-state index is 9.22. The Morgan fingerprint density at radius 3 is 3.05 bits per heavy atom. The average molecular weight is 255 g/mol. The molecule has 1 aromatic heterocycles. The number of anilines is 1. The number of hydrogen-bond donors (Lipinski definition) is 0. The van der Waals surface area contributed by atoms with Crippen molar-refractivity contribution >= 4 is 5.69 Å². The summed E-state index contributed by atoms with van der Waals surface area (Å²) in [5, 5.41) is 17.2. The minimum Gasteiger partial charge on any atom is -0.497 e. The second kappa shape index (κ2) is 4.61. The molecule has 0 bridgehead atoms. The molecule has 0 unspecified atom stereocenters. The molecule has 2 heterocycles. The lowest BCUT2D eigenvalue weighted by molar-refractivity contribution is 0.414. The van der Waals surface area contributed by atoms with Crippen molar-refractivity contribution in [2.24, 2.45) is 0 Å². The number of fused-ring (bicyclic) bond motifs is 1. The van der Waals surface area contributed by atoms with Gasteiger partial charge in [-0.1, -0.05) is 0 Å². The Labute approximate surface area is 110 Å². The molecule has 0 aliphatic carbocycles. The number of nitriles is 1. The van der Waals surface area contributed by atoms with Gasteiger partial charge >= 0.3 is 0 Å². The predicted octanol–water partition coefficient (Wildman–Crippen LogP) is 1.18. The highest BCUT2D eigenvalue weighted by molar-refractivity contribution is 5.62. The fourth-order valence-corrected chi connectivity index (χ4v) is 2.27. The molecule has 0 atom stereocenters. The first-order valence-electron chi connectivity index (χ1n) is 6.01. The zero-order valence-corrected chi connectivity index (χ0v) is 10.6. The fraction of sp³-hybridized carbons (Fsp3) is 0.308. The zero-order valence-electron chi connectivity index (χ0n) is 10.6. The van der Waals surface area contributed by atoms with Crippen LogP contribution in [-0.4, -0.2) is 28.4 Å². The molecule has 19 heavy (non-hydrogen) atoms. The fourth-order valence-electron chi connectivity index (χ4n) is 2.27. The van der Waals surface area contributed by atoms with Gasteiger partial charge in [0.15, 0.2) is 5.82 Å². The first-order chi connectivity index (χ1) is 9.31. The zero-order chi connectivity index (χ0) is 13.2. The van der Waals surface area contributed by atoms with Crippen LogP contribution >= 0.6 is 0 Å². The third-order valence-electron chi connectivity index (χ3n) is 3.30. The van der Waals surface area contributed by atoms with Crippen LogP contribution in [0.25, 0.3) is 0 Å². The number of hydrogen-bond acceptors (Lipinski definition) is 5. The lowest BCUT2D eigenvalue weighted by Gasteiger charge is -2.29. The minimum absolute atomic E-state index is 0.647. The smallest absolute Gasteiger partial charge is 0.152 e. The summed E-state index contributed by atoms with van der Waals surface area (Å²) in [6.07, 6.45) is 1.74. The Kier molecular flexibility index (Phi) is 2.80. The van der Waals surface area contributed by atoms with E-state index in [1.807, 2.05) is 10.6 Å². The summed E-state index contributed by atoms with van der Waals surface area (Å²) in [4.78, 5) is 2.13. The molecule has 3 rings (SSSR count). The quantitative estimate of drug-likeness (QED) is 0.806. The van der Waals surface area contributed by atoms with Crippen molar-refractivity contribution in [3.63, 3.8) is 0 Å². The van der Waals surface area contributed by atoms with Crippen LogP contribution in [0.1, 0.15) is 11.4 Å². The van der Waals surface area contributed by atoms with Gasteiger partial charge in [-0.25, -0.2) is 0 Å².